The topological polar surface area (TPSA) is 151 Å². The molecule has 1 fully saturated rings. The molecule has 1 aliphatic rings. The van der Waals surface area contributed by atoms with Gasteiger partial charge in [0.05, 0.1) is 26.4 Å². The number of benzene rings is 1. The third-order valence-electron chi connectivity index (χ3n) is 6.73. The van der Waals surface area contributed by atoms with Crippen LogP contribution in [0.4, 0.5) is 5.95 Å². The predicted molar refractivity (Wildman–Crippen MR) is 147 cm³/mol. The van der Waals surface area contributed by atoms with Crippen molar-refractivity contribution in [2.45, 2.75) is 64.0 Å². The Labute approximate surface area is 233 Å². The van der Waals surface area contributed by atoms with Crippen LogP contribution in [0.15, 0.2) is 30.6 Å². The van der Waals surface area contributed by atoms with E-state index in [-0.39, 0.29) is 23.8 Å². The Morgan fingerprint density at radius 1 is 1.05 bits per heavy atom. The van der Waals surface area contributed by atoms with Crippen molar-refractivity contribution in [3.63, 3.8) is 0 Å². The van der Waals surface area contributed by atoms with Gasteiger partial charge in [-0.2, -0.15) is 0 Å². The summed E-state index contributed by atoms with van der Waals surface area (Å²) in [7, 11) is 0.509. The van der Waals surface area contributed by atoms with E-state index in [4.69, 9.17) is 14.2 Å². The number of sulfonamides is 1. The van der Waals surface area contributed by atoms with E-state index in [1.807, 2.05) is 20.8 Å². The Kier molecular flexibility index (Phi) is 8.59. The van der Waals surface area contributed by atoms with Gasteiger partial charge in [0.15, 0.2) is 11.6 Å². The molecule has 13 nitrogen and oxygen atoms in total. The number of likely N-dealkylation sites (tertiary alicyclic amines) is 1. The van der Waals surface area contributed by atoms with Crippen LogP contribution in [0.25, 0.3) is 5.69 Å². The standard InChI is InChI=1S/C26H35N7O6S/c1-15(2)39-23(24-27-13-16(3)14-28-24)17(4)40(35,36)31-26-30-29-25(18-11-12-21(34)32(18)5)33(26)22-19(37-6)9-8-10-20(22)38-7/h8-10,13-15,17-18,23H,11-12H2,1-7H3,(H,30,31)/t17-,18-,23+/m0/s1. The zero-order valence-electron chi connectivity index (χ0n) is 23.7. The molecule has 14 heteroatoms. The average Bonchev–Trinajstić information content (AvgIpc) is 3.47. The Morgan fingerprint density at radius 3 is 2.20 bits per heavy atom. The van der Waals surface area contributed by atoms with Gasteiger partial charge in [0.25, 0.3) is 0 Å². The van der Waals surface area contributed by atoms with Crippen LogP contribution >= 0.6 is 0 Å². The Bertz CT molecular complexity index is 1440. The van der Waals surface area contributed by atoms with Crippen molar-refractivity contribution in [2.75, 3.05) is 26.0 Å². The number of ether oxygens (including phenoxy) is 3. The van der Waals surface area contributed by atoms with Gasteiger partial charge in [-0.3, -0.25) is 14.1 Å². The number of carbonyl (C=O) groups is 1. The van der Waals surface area contributed by atoms with Gasteiger partial charge in [-0.15, -0.1) is 10.2 Å². The van der Waals surface area contributed by atoms with Crippen LogP contribution in [-0.2, 0) is 19.6 Å². The largest absolute Gasteiger partial charge is 0.494 e. The second-order valence-corrected chi connectivity index (χ2v) is 11.9. The molecule has 0 unspecified atom stereocenters. The second kappa shape index (κ2) is 11.8. The molecule has 1 saturated heterocycles. The fourth-order valence-electron chi connectivity index (χ4n) is 4.56. The van der Waals surface area contributed by atoms with Gasteiger partial charge >= 0.3 is 0 Å². The van der Waals surface area contributed by atoms with Gasteiger partial charge in [0, 0.05) is 25.9 Å². The smallest absolute Gasteiger partial charge is 0.243 e. The number of methoxy groups -OCH3 is 2. The normalized spacial score (nSPS) is 17.2. The van der Waals surface area contributed by atoms with E-state index in [1.54, 1.807) is 42.5 Å². The minimum atomic E-state index is -4.16. The molecule has 1 aliphatic heterocycles. The molecule has 3 atom stereocenters. The molecule has 1 aromatic carbocycles. The van der Waals surface area contributed by atoms with E-state index in [2.05, 4.69) is 24.9 Å². The number of nitrogens with one attached hydrogen (secondary N) is 1. The molecule has 3 aromatic rings. The third kappa shape index (κ3) is 5.72. The number of amides is 1. The number of anilines is 1. The van der Waals surface area contributed by atoms with Gasteiger partial charge in [0.1, 0.15) is 28.5 Å². The summed E-state index contributed by atoms with van der Waals surface area (Å²) in [5, 5.41) is 7.44. The van der Waals surface area contributed by atoms with Crippen LogP contribution in [0.2, 0.25) is 0 Å². The summed E-state index contributed by atoms with van der Waals surface area (Å²) in [5.41, 5.74) is 1.23. The second-order valence-electron chi connectivity index (χ2n) is 9.86. The molecule has 216 valence electrons. The Hall–Kier alpha value is -3.78. The number of hydrogen-bond acceptors (Lipinski definition) is 10. The van der Waals surface area contributed by atoms with E-state index >= 15 is 0 Å². The predicted octanol–water partition coefficient (Wildman–Crippen LogP) is 2.97. The maximum atomic E-state index is 13.8. The fraction of sp³-hybridized carbons (Fsp3) is 0.500. The van der Waals surface area contributed by atoms with Crippen molar-refractivity contribution in [2.24, 2.45) is 0 Å². The summed E-state index contributed by atoms with van der Waals surface area (Å²) >= 11 is 0. The molecule has 2 aromatic heterocycles. The molecule has 0 saturated carbocycles. The van der Waals surface area contributed by atoms with Crippen LogP contribution in [-0.4, -0.2) is 76.6 Å². The highest BCUT2D eigenvalue weighted by Crippen LogP contribution is 2.40. The summed E-state index contributed by atoms with van der Waals surface area (Å²) in [6.07, 6.45) is 2.79. The number of aromatic nitrogens is 5. The summed E-state index contributed by atoms with van der Waals surface area (Å²) < 4.78 is 49.0. The maximum Gasteiger partial charge on any atom is 0.243 e. The number of nitrogens with zero attached hydrogens (tertiary/aromatic N) is 6. The molecule has 0 aliphatic carbocycles. The van der Waals surface area contributed by atoms with E-state index in [0.717, 1.165) is 5.56 Å². The van der Waals surface area contributed by atoms with Crippen molar-refractivity contribution < 1.29 is 27.4 Å². The lowest BCUT2D eigenvalue weighted by atomic mass is 10.2. The van der Waals surface area contributed by atoms with Crippen molar-refractivity contribution in [3.8, 4) is 17.2 Å². The SMILES string of the molecule is COc1cccc(OC)c1-n1c(NS(=O)(=O)[C@@H](C)[C@@H](OC(C)C)c2ncc(C)cn2)nnc1[C@@H]1CCC(=O)N1C. The lowest BCUT2D eigenvalue weighted by molar-refractivity contribution is -0.127. The quantitative estimate of drug-likeness (QED) is 0.362. The third-order valence-corrected chi connectivity index (χ3v) is 8.42. The van der Waals surface area contributed by atoms with Crippen LogP contribution < -0.4 is 14.2 Å². The number of hydrogen-bond donors (Lipinski definition) is 1. The van der Waals surface area contributed by atoms with Gasteiger partial charge in [-0.05, 0) is 51.8 Å². The minimum absolute atomic E-state index is 0.0472. The molecule has 4 rings (SSSR count). The Morgan fingerprint density at radius 2 is 1.68 bits per heavy atom. The van der Waals surface area contributed by atoms with E-state index in [0.29, 0.717) is 35.9 Å². The Balaban J connectivity index is 1.82. The monoisotopic (exact) mass is 573 g/mol. The molecular weight excluding hydrogens is 538 g/mol. The summed E-state index contributed by atoms with van der Waals surface area (Å²) in [4.78, 5) is 22.6. The summed E-state index contributed by atoms with van der Waals surface area (Å²) in [6, 6.07) is 4.74. The molecule has 0 spiro atoms. The molecule has 1 N–H and O–H groups in total. The highest BCUT2D eigenvalue weighted by atomic mass is 32.2. The molecule has 3 heterocycles. The zero-order chi connectivity index (χ0) is 29.2. The lowest BCUT2D eigenvalue weighted by Crippen LogP contribution is -2.35. The van der Waals surface area contributed by atoms with Crippen LogP contribution in [0.5, 0.6) is 11.5 Å². The summed E-state index contributed by atoms with van der Waals surface area (Å²) in [5.74, 6) is 1.26. The van der Waals surface area contributed by atoms with E-state index in [9.17, 15) is 13.2 Å². The molecule has 0 radical (unpaired) electrons. The first kappa shape index (κ1) is 29.2. The van der Waals surface area contributed by atoms with Crippen LogP contribution in [0, 0.1) is 6.92 Å². The van der Waals surface area contributed by atoms with Crippen molar-refractivity contribution in [1.82, 2.24) is 29.6 Å². The fourth-order valence-corrected chi connectivity index (χ4v) is 5.65. The molecule has 0 bridgehead atoms. The first-order chi connectivity index (χ1) is 19.0. The first-order valence-corrected chi connectivity index (χ1v) is 14.4. The zero-order valence-corrected chi connectivity index (χ0v) is 24.5. The molecule has 1 amide bonds. The first-order valence-electron chi connectivity index (χ1n) is 12.9. The maximum absolute atomic E-state index is 13.8. The van der Waals surface area contributed by atoms with Crippen molar-refractivity contribution in [3.05, 3.63) is 47.8 Å². The lowest BCUT2D eigenvalue weighted by Gasteiger charge is -2.26. The van der Waals surface area contributed by atoms with Gasteiger partial charge in [-0.1, -0.05) is 6.07 Å². The van der Waals surface area contributed by atoms with E-state index in [1.165, 1.54) is 25.7 Å². The van der Waals surface area contributed by atoms with E-state index < -0.39 is 27.4 Å². The van der Waals surface area contributed by atoms with Gasteiger partial charge < -0.3 is 19.1 Å². The average molecular weight is 574 g/mol. The van der Waals surface area contributed by atoms with Gasteiger partial charge in [-0.25, -0.2) is 18.4 Å². The number of carbonyl (C=O) groups excluding carboxylic acids is 1. The van der Waals surface area contributed by atoms with Gasteiger partial charge in [0.2, 0.25) is 21.9 Å². The van der Waals surface area contributed by atoms with Crippen molar-refractivity contribution in [1.29, 1.82) is 0 Å². The number of rotatable bonds is 11. The summed E-state index contributed by atoms with van der Waals surface area (Å²) in [6.45, 7) is 6.98. The molecule has 40 heavy (non-hydrogen) atoms. The number of aryl methyl sites for hydroxylation is 1. The van der Waals surface area contributed by atoms with Crippen LogP contribution in [0.3, 0.4) is 0 Å². The minimum Gasteiger partial charge on any atom is -0.494 e. The highest BCUT2D eigenvalue weighted by molar-refractivity contribution is 7.93. The highest BCUT2D eigenvalue weighted by Gasteiger charge is 2.38. The van der Waals surface area contributed by atoms with Crippen LogP contribution in [0.1, 0.15) is 63.0 Å². The molecular formula is C26H35N7O6S. The number of para-hydroxylation sites is 1. The van der Waals surface area contributed by atoms with Crippen molar-refractivity contribution >= 4 is 21.9 Å².